The third-order valence-corrected chi connectivity index (χ3v) is 13.7. The minimum atomic E-state index is -0.0558. The topological polar surface area (TPSA) is 35.0 Å². The smallest absolute Gasteiger partial charge is 0.137 e. The summed E-state index contributed by atoms with van der Waals surface area (Å²) < 4.78 is 11.8. The first-order valence-electron chi connectivity index (χ1n) is 22.4. The van der Waals surface area contributed by atoms with Gasteiger partial charge in [-0.15, -0.1) is 0 Å². The highest BCUT2D eigenvalue weighted by molar-refractivity contribution is 6.24. The molecule has 14 rings (SSSR count). The highest BCUT2D eigenvalue weighted by atomic mass is 16.3. The lowest BCUT2D eigenvalue weighted by molar-refractivity contribution is 0.668. The number of nitrogens with one attached hydrogen (secondary N) is 1. The van der Waals surface area contributed by atoms with E-state index in [0.717, 1.165) is 61.2 Å². The predicted molar refractivity (Wildman–Crippen MR) is 272 cm³/mol. The van der Waals surface area contributed by atoms with Crippen molar-refractivity contribution in [1.29, 1.82) is 0 Å². The molecule has 0 amide bonds. The largest absolute Gasteiger partial charge is 0.456 e. The van der Waals surface area contributed by atoms with Crippen LogP contribution in [0.4, 0.5) is 0 Å². The van der Waals surface area contributed by atoms with Crippen LogP contribution < -0.4 is 5.32 Å². The number of allylic oxidation sites excluding steroid dienone is 2. The van der Waals surface area contributed by atoms with Crippen LogP contribution in [0.5, 0.6) is 0 Å². The van der Waals surface area contributed by atoms with E-state index in [0.29, 0.717) is 0 Å². The quantitative estimate of drug-likeness (QED) is 0.188. The van der Waals surface area contributed by atoms with Crippen LogP contribution in [-0.4, -0.2) is 9.13 Å². The zero-order valence-electron chi connectivity index (χ0n) is 35.2. The van der Waals surface area contributed by atoms with E-state index in [1.54, 1.807) is 0 Å². The first kappa shape index (κ1) is 35.9. The molecule has 1 aliphatic heterocycles. The van der Waals surface area contributed by atoms with Crippen LogP contribution in [0.1, 0.15) is 22.7 Å². The molecule has 304 valence electrons. The third kappa shape index (κ3) is 5.51. The van der Waals surface area contributed by atoms with Crippen LogP contribution in [0, 0.1) is 0 Å². The van der Waals surface area contributed by atoms with E-state index in [1.165, 1.54) is 65.2 Å². The molecule has 13 aromatic rings. The van der Waals surface area contributed by atoms with Gasteiger partial charge < -0.3 is 18.9 Å². The van der Waals surface area contributed by atoms with Crippen LogP contribution in [0.2, 0.25) is 0 Å². The summed E-state index contributed by atoms with van der Waals surface area (Å²) in [5.74, 6) is 0. The van der Waals surface area contributed by atoms with Crippen LogP contribution in [0.3, 0.4) is 0 Å². The number of benzene rings is 10. The first-order chi connectivity index (χ1) is 32.2. The van der Waals surface area contributed by atoms with Gasteiger partial charge in [0, 0.05) is 49.8 Å². The van der Waals surface area contributed by atoms with Crippen LogP contribution >= 0.6 is 0 Å². The van der Waals surface area contributed by atoms with Crippen LogP contribution in [0.25, 0.3) is 110 Å². The molecule has 3 aromatic heterocycles. The fourth-order valence-electron chi connectivity index (χ4n) is 10.7. The summed E-state index contributed by atoms with van der Waals surface area (Å²) in [6.45, 7) is 0. The van der Waals surface area contributed by atoms with Crippen molar-refractivity contribution >= 4 is 98.4 Å². The molecule has 0 fully saturated rings. The number of dihydropyridines is 1. The Bertz CT molecular complexity index is 4160. The Hall–Kier alpha value is -8.60. The van der Waals surface area contributed by atoms with Gasteiger partial charge in [0.15, 0.2) is 0 Å². The summed E-state index contributed by atoms with van der Waals surface area (Å²) in [5.41, 5.74) is 14.4. The molecular formula is C61H39N3O. The van der Waals surface area contributed by atoms with E-state index in [9.17, 15) is 0 Å². The van der Waals surface area contributed by atoms with Gasteiger partial charge in [-0.1, -0.05) is 152 Å². The van der Waals surface area contributed by atoms with Gasteiger partial charge in [-0.25, -0.2) is 0 Å². The Morgan fingerprint density at radius 3 is 1.77 bits per heavy atom. The van der Waals surface area contributed by atoms with Gasteiger partial charge in [-0.05, 0) is 111 Å². The monoisotopic (exact) mass is 829 g/mol. The molecule has 1 unspecified atom stereocenters. The summed E-state index contributed by atoms with van der Waals surface area (Å²) in [6, 6.07) is 76.9. The van der Waals surface area contributed by atoms with Gasteiger partial charge in [0.2, 0.25) is 0 Å². The Labute approximate surface area is 374 Å². The molecule has 0 bridgehead atoms. The third-order valence-electron chi connectivity index (χ3n) is 13.7. The summed E-state index contributed by atoms with van der Waals surface area (Å²) in [6.07, 6.45) is 4.70. The molecule has 0 radical (unpaired) electrons. The van der Waals surface area contributed by atoms with E-state index < -0.39 is 0 Å². The minimum absolute atomic E-state index is 0.0558. The highest BCUT2D eigenvalue weighted by Gasteiger charge is 2.24. The molecular weight excluding hydrogens is 791 g/mol. The average Bonchev–Trinajstić information content (AvgIpc) is 4.04. The van der Waals surface area contributed by atoms with Crippen LogP contribution in [0.15, 0.2) is 229 Å². The molecule has 1 aliphatic rings. The Kier molecular flexibility index (Phi) is 7.71. The zero-order chi connectivity index (χ0) is 42.6. The Morgan fingerprint density at radius 2 is 1.03 bits per heavy atom. The van der Waals surface area contributed by atoms with Crippen molar-refractivity contribution in [2.75, 3.05) is 0 Å². The van der Waals surface area contributed by atoms with E-state index >= 15 is 0 Å². The summed E-state index contributed by atoms with van der Waals surface area (Å²) in [4.78, 5) is 0. The lowest BCUT2D eigenvalue weighted by atomic mass is 9.90. The molecule has 4 heteroatoms. The molecule has 4 nitrogen and oxygen atoms in total. The molecule has 0 spiro atoms. The maximum atomic E-state index is 6.91. The molecule has 4 heterocycles. The normalized spacial score (nSPS) is 14.3. The molecule has 0 saturated heterocycles. The predicted octanol–water partition coefficient (Wildman–Crippen LogP) is 15.9. The molecule has 1 atom stereocenters. The molecule has 65 heavy (non-hydrogen) atoms. The van der Waals surface area contributed by atoms with Crippen molar-refractivity contribution in [3.8, 4) is 11.4 Å². The number of hydrogen-bond acceptors (Lipinski definition) is 2. The van der Waals surface area contributed by atoms with Gasteiger partial charge in [0.05, 0.1) is 33.8 Å². The van der Waals surface area contributed by atoms with E-state index in [-0.39, 0.29) is 6.04 Å². The van der Waals surface area contributed by atoms with Crippen molar-refractivity contribution < 1.29 is 4.42 Å². The molecule has 0 saturated carbocycles. The van der Waals surface area contributed by atoms with Gasteiger partial charge in [0.25, 0.3) is 0 Å². The molecule has 0 aliphatic carbocycles. The summed E-state index contributed by atoms with van der Waals surface area (Å²) in [7, 11) is 0. The van der Waals surface area contributed by atoms with Crippen molar-refractivity contribution in [1.82, 2.24) is 14.5 Å². The number of furan rings is 1. The first-order valence-corrected chi connectivity index (χ1v) is 22.4. The highest BCUT2D eigenvalue weighted by Crippen LogP contribution is 2.44. The standard InChI is InChI=1S/C61H39N3O/c1-2-17-45(18-3-1)63-55-22-10-8-19-48(55)50-31-32-51-49-20-9-11-23-56(49)64(61(51)60(50)63)46-29-30-52-58(37-46)65-57-24-12-21-47(59(52)57)44-35-53(42-27-25-38-13-4-6-15-40(38)33-42)62-54(36-44)43-28-26-39-14-5-7-16-41(39)34-43/h1-37,53,62H. The molecule has 1 N–H and O–H groups in total. The van der Waals surface area contributed by atoms with Gasteiger partial charge in [0.1, 0.15) is 11.2 Å². The van der Waals surface area contributed by atoms with Crippen molar-refractivity contribution in [3.63, 3.8) is 0 Å². The van der Waals surface area contributed by atoms with Gasteiger partial charge in [-0.3, -0.25) is 0 Å². The number of para-hydroxylation sites is 3. The summed E-state index contributed by atoms with van der Waals surface area (Å²) in [5, 5.41) is 15.9. The van der Waals surface area contributed by atoms with Gasteiger partial charge in [-0.2, -0.15) is 0 Å². The van der Waals surface area contributed by atoms with Gasteiger partial charge >= 0.3 is 0 Å². The second-order valence-corrected chi connectivity index (χ2v) is 17.3. The fourth-order valence-corrected chi connectivity index (χ4v) is 10.7. The maximum absolute atomic E-state index is 6.91. The summed E-state index contributed by atoms with van der Waals surface area (Å²) >= 11 is 0. The Morgan fingerprint density at radius 1 is 0.415 bits per heavy atom. The van der Waals surface area contributed by atoms with Crippen molar-refractivity contribution in [2.45, 2.75) is 6.04 Å². The molecule has 10 aromatic carbocycles. The second-order valence-electron chi connectivity index (χ2n) is 17.3. The minimum Gasteiger partial charge on any atom is -0.456 e. The SMILES string of the molecule is C1=C(c2ccc3ccccc3c2)NC(c2ccc3ccccc3c2)C=C1c1cccc2oc3cc(-n4c5ccccc5c5ccc6c7ccccc7n(-c7ccccc7)c6c54)ccc3c12. The number of fused-ring (bicyclic) bond motifs is 12. The van der Waals surface area contributed by atoms with E-state index in [2.05, 4.69) is 239 Å². The average molecular weight is 830 g/mol. The number of nitrogens with zero attached hydrogens (tertiary/aromatic N) is 2. The lowest BCUT2D eigenvalue weighted by Crippen LogP contribution is -2.21. The zero-order valence-corrected chi connectivity index (χ0v) is 35.2. The number of rotatable bonds is 5. The fraction of sp³-hybridized carbons (Fsp3) is 0.0164. The lowest BCUT2D eigenvalue weighted by Gasteiger charge is -2.26. The van der Waals surface area contributed by atoms with Crippen molar-refractivity contribution in [2.24, 2.45) is 0 Å². The van der Waals surface area contributed by atoms with E-state index in [1.807, 2.05) is 0 Å². The second kappa shape index (κ2) is 14.0. The number of aromatic nitrogens is 2. The maximum Gasteiger partial charge on any atom is 0.137 e. The van der Waals surface area contributed by atoms with Crippen molar-refractivity contribution in [3.05, 3.63) is 241 Å². The Balaban J connectivity index is 0.979. The van der Waals surface area contributed by atoms with Crippen LogP contribution in [-0.2, 0) is 0 Å². The van der Waals surface area contributed by atoms with E-state index in [4.69, 9.17) is 4.42 Å². The number of hydrogen-bond donors (Lipinski definition) is 1.